The van der Waals surface area contributed by atoms with E-state index < -0.39 is 0 Å². The van der Waals surface area contributed by atoms with Gasteiger partial charge in [0.2, 0.25) is 11.0 Å². The Morgan fingerprint density at radius 3 is 2.80 bits per heavy atom. The SMILES string of the molecule is C=CCN(C(=O)CSc1nnc(N)s1)c1nc(-c2ccccc2)cs1. The van der Waals surface area contributed by atoms with E-state index in [4.69, 9.17) is 5.73 Å². The number of aromatic nitrogens is 3. The van der Waals surface area contributed by atoms with Crippen LogP contribution in [0.25, 0.3) is 11.3 Å². The fraction of sp³-hybridized carbons (Fsp3) is 0.125. The molecular weight excluding hydrogens is 374 g/mol. The average Bonchev–Trinajstić information content (AvgIpc) is 3.27. The van der Waals surface area contributed by atoms with E-state index in [1.165, 1.54) is 34.4 Å². The molecule has 1 amide bonds. The minimum Gasteiger partial charge on any atom is -0.374 e. The summed E-state index contributed by atoms with van der Waals surface area (Å²) < 4.78 is 0.675. The molecule has 2 aromatic heterocycles. The predicted octanol–water partition coefficient (Wildman–Crippen LogP) is 3.56. The third-order valence-corrected chi connectivity index (χ3v) is 5.88. The molecule has 25 heavy (non-hydrogen) atoms. The summed E-state index contributed by atoms with van der Waals surface area (Å²) in [4.78, 5) is 18.8. The summed E-state index contributed by atoms with van der Waals surface area (Å²) in [5.41, 5.74) is 7.43. The average molecular weight is 390 g/mol. The molecule has 0 aliphatic carbocycles. The molecule has 2 heterocycles. The highest BCUT2D eigenvalue weighted by Gasteiger charge is 2.19. The molecule has 0 spiro atoms. The number of carbonyl (C=O) groups excluding carboxylic acids is 1. The standard InChI is InChI=1S/C16H15N5OS3/c1-2-8-21(13(22)10-24-16-20-19-14(17)25-16)15-18-12(9-23-15)11-6-4-3-5-7-11/h2-7,9H,1,8,10H2,(H2,17,19). The zero-order valence-electron chi connectivity index (χ0n) is 13.2. The van der Waals surface area contributed by atoms with Crippen molar-refractivity contribution in [2.24, 2.45) is 0 Å². The Labute approximate surface area is 157 Å². The van der Waals surface area contributed by atoms with E-state index in [1.807, 2.05) is 35.7 Å². The van der Waals surface area contributed by atoms with Gasteiger partial charge in [-0.2, -0.15) is 0 Å². The number of rotatable bonds is 7. The van der Waals surface area contributed by atoms with Crippen LogP contribution in [0.4, 0.5) is 10.3 Å². The van der Waals surface area contributed by atoms with Crippen LogP contribution >= 0.6 is 34.4 Å². The van der Waals surface area contributed by atoms with E-state index in [2.05, 4.69) is 21.8 Å². The van der Waals surface area contributed by atoms with Crippen LogP contribution in [0.2, 0.25) is 0 Å². The molecule has 1 aromatic carbocycles. The van der Waals surface area contributed by atoms with Gasteiger partial charge in [-0.1, -0.05) is 59.5 Å². The Kier molecular flexibility index (Phi) is 5.79. The van der Waals surface area contributed by atoms with Gasteiger partial charge in [0, 0.05) is 17.5 Å². The molecule has 6 nitrogen and oxygen atoms in total. The van der Waals surface area contributed by atoms with Gasteiger partial charge in [-0.05, 0) is 0 Å². The lowest BCUT2D eigenvalue weighted by molar-refractivity contribution is -0.116. The molecule has 0 atom stereocenters. The van der Waals surface area contributed by atoms with E-state index in [9.17, 15) is 4.79 Å². The molecule has 0 saturated carbocycles. The quantitative estimate of drug-likeness (QED) is 0.491. The summed E-state index contributed by atoms with van der Waals surface area (Å²) in [6.45, 7) is 4.14. The van der Waals surface area contributed by atoms with Crippen LogP contribution in [0, 0.1) is 0 Å². The molecule has 3 aromatic rings. The number of hydrogen-bond acceptors (Lipinski definition) is 8. The number of nitrogens with zero attached hydrogens (tertiary/aromatic N) is 4. The molecule has 0 aliphatic heterocycles. The van der Waals surface area contributed by atoms with E-state index in [0.29, 0.717) is 21.1 Å². The summed E-state index contributed by atoms with van der Waals surface area (Å²) >= 11 is 4.02. The molecule has 128 valence electrons. The van der Waals surface area contributed by atoms with Crippen LogP contribution in [-0.2, 0) is 4.79 Å². The molecule has 0 saturated heterocycles. The van der Waals surface area contributed by atoms with Crippen molar-refractivity contribution in [3.63, 3.8) is 0 Å². The Morgan fingerprint density at radius 2 is 2.12 bits per heavy atom. The zero-order chi connectivity index (χ0) is 17.6. The number of nitrogens with two attached hydrogens (primary N) is 1. The third kappa shape index (κ3) is 4.44. The van der Waals surface area contributed by atoms with Crippen molar-refractivity contribution < 1.29 is 4.79 Å². The van der Waals surface area contributed by atoms with Crippen molar-refractivity contribution in [3.8, 4) is 11.3 Å². The minimum atomic E-state index is -0.0624. The second-order valence-corrected chi connectivity index (χ2v) is 7.94. The van der Waals surface area contributed by atoms with Crippen LogP contribution in [0.5, 0.6) is 0 Å². The van der Waals surface area contributed by atoms with Gasteiger partial charge < -0.3 is 5.73 Å². The van der Waals surface area contributed by atoms with E-state index >= 15 is 0 Å². The Balaban J connectivity index is 1.73. The summed E-state index contributed by atoms with van der Waals surface area (Å²) in [6.07, 6.45) is 1.69. The molecule has 3 rings (SSSR count). The lowest BCUT2D eigenvalue weighted by Gasteiger charge is -2.17. The van der Waals surface area contributed by atoms with Crippen LogP contribution in [0.1, 0.15) is 0 Å². The van der Waals surface area contributed by atoms with Crippen molar-refractivity contribution in [1.29, 1.82) is 0 Å². The number of thioether (sulfide) groups is 1. The van der Waals surface area contributed by atoms with Crippen molar-refractivity contribution in [2.45, 2.75) is 4.34 Å². The summed E-state index contributed by atoms with van der Waals surface area (Å²) in [5, 5.41) is 10.7. The Hall–Kier alpha value is -2.23. The van der Waals surface area contributed by atoms with E-state index in [-0.39, 0.29) is 11.7 Å². The van der Waals surface area contributed by atoms with Gasteiger partial charge in [0.1, 0.15) is 0 Å². The normalized spacial score (nSPS) is 10.6. The summed E-state index contributed by atoms with van der Waals surface area (Å²) in [7, 11) is 0. The maximum absolute atomic E-state index is 12.6. The Morgan fingerprint density at radius 1 is 1.32 bits per heavy atom. The number of nitrogen functional groups attached to an aromatic ring is 1. The topological polar surface area (TPSA) is 85.0 Å². The molecule has 2 N–H and O–H groups in total. The van der Waals surface area contributed by atoms with Crippen molar-refractivity contribution in [1.82, 2.24) is 15.2 Å². The molecule has 0 bridgehead atoms. The molecule has 0 radical (unpaired) electrons. The van der Waals surface area contributed by atoms with Crippen LogP contribution in [0.3, 0.4) is 0 Å². The van der Waals surface area contributed by atoms with Crippen molar-refractivity contribution in [3.05, 3.63) is 48.4 Å². The highest BCUT2D eigenvalue weighted by molar-refractivity contribution is 8.01. The van der Waals surface area contributed by atoms with E-state index in [0.717, 1.165) is 11.3 Å². The first kappa shape index (κ1) is 17.6. The second-order valence-electron chi connectivity index (χ2n) is 4.87. The number of hydrogen-bond donors (Lipinski definition) is 1. The predicted molar refractivity (Wildman–Crippen MR) is 105 cm³/mol. The zero-order valence-corrected chi connectivity index (χ0v) is 15.6. The fourth-order valence-corrected chi connectivity index (χ4v) is 4.40. The lowest BCUT2D eigenvalue weighted by atomic mass is 10.2. The van der Waals surface area contributed by atoms with Crippen LogP contribution in [-0.4, -0.2) is 33.4 Å². The van der Waals surface area contributed by atoms with Crippen LogP contribution in [0.15, 0.2) is 52.7 Å². The number of thiazole rings is 1. The van der Waals surface area contributed by atoms with Gasteiger partial charge in [0.15, 0.2) is 9.47 Å². The fourth-order valence-electron chi connectivity index (χ4n) is 2.03. The lowest BCUT2D eigenvalue weighted by Crippen LogP contribution is -2.32. The highest BCUT2D eigenvalue weighted by atomic mass is 32.2. The Bertz CT molecular complexity index is 862. The maximum atomic E-state index is 12.6. The van der Waals surface area contributed by atoms with Gasteiger partial charge in [0.25, 0.3) is 0 Å². The van der Waals surface area contributed by atoms with Crippen LogP contribution < -0.4 is 10.6 Å². The molecule has 0 fully saturated rings. The summed E-state index contributed by atoms with van der Waals surface area (Å²) in [5.74, 6) is 0.176. The molecule has 0 aliphatic rings. The number of amides is 1. The first-order valence-electron chi connectivity index (χ1n) is 7.31. The molecular formula is C16H15N5OS3. The third-order valence-electron chi connectivity index (χ3n) is 3.15. The first-order chi connectivity index (χ1) is 12.2. The molecule has 9 heteroatoms. The molecule has 0 unspecified atom stereocenters. The number of carbonyl (C=O) groups is 1. The van der Waals surface area contributed by atoms with Gasteiger partial charge in [-0.3, -0.25) is 9.69 Å². The monoisotopic (exact) mass is 389 g/mol. The summed E-state index contributed by atoms with van der Waals surface area (Å²) in [6, 6.07) is 9.88. The van der Waals surface area contributed by atoms with Crippen molar-refractivity contribution in [2.75, 3.05) is 22.9 Å². The van der Waals surface area contributed by atoms with E-state index in [1.54, 1.807) is 11.0 Å². The van der Waals surface area contributed by atoms with Gasteiger partial charge in [-0.25, -0.2) is 4.98 Å². The maximum Gasteiger partial charge on any atom is 0.239 e. The minimum absolute atomic E-state index is 0.0624. The second kappa shape index (κ2) is 8.24. The van der Waals surface area contributed by atoms with Crippen molar-refractivity contribution >= 4 is 50.6 Å². The van der Waals surface area contributed by atoms with Gasteiger partial charge in [0.05, 0.1) is 11.4 Å². The largest absolute Gasteiger partial charge is 0.374 e. The van der Waals surface area contributed by atoms with Gasteiger partial charge in [-0.15, -0.1) is 28.1 Å². The van der Waals surface area contributed by atoms with Gasteiger partial charge >= 0.3 is 0 Å². The highest BCUT2D eigenvalue weighted by Crippen LogP contribution is 2.29. The number of anilines is 2. The smallest absolute Gasteiger partial charge is 0.239 e. The first-order valence-corrected chi connectivity index (χ1v) is 9.99. The number of benzene rings is 1.